The Hall–Kier alpha value is -3.96. The van der Waals surface area contributed by atoms with E-state index in [1.54, 1.807) is 26.0 Å². The summed E-state index contributed by atoms with van der Waals surface area (Å²) in [7, 11) is 0. The van der Waals surface area contributed by atoms with Gasteiger partial charge in [0, 0.05) is 11.9 Å². The molecule has 2 amide bonds. The molecule has 0 aliphatic heterocycles. The molecular weight excluding hydrogens is 412 g/mol. The summed E-state index contributed by atoms with van der Waals surface area (Å²) in [5, 5.41) is 26.0. The van der Waals surface area contributed by atoms with Crippen molar-refractivity contribution in [2.75, 3.05) is 11.9 Å². The van der Waals surface area contributed by atoms with E-state index in [9.17, 15) is 14.9 Å². The van der Waals surface area contributed by atoms with E-state index in [2.05, 4.69) is 16.7 Å². The van der Waals surface area contributed by atoms with Gasteiger partial charge in [0.25, 0.3) is 11.8 Å². The van der Waals surface area contributed by atoms with Crippen LogP contribution in [0.1, 0.15) is 38.1 Å². The molecule has 3 N–H and O–H groups in total. The molecule has 7 nitrogen and oxygen atoms in total. The van der Waals surface area contributed by atoms with Gasteiger partial charge in [0.2, 0.25) is 5.55 Å². The number of carbonyl (C=O) groups is 2. The smallest absolute Gasteiger partial charge is 0.261 e. The summed E-state index contributed by atoms with van der Waals surface area (Å²) in [6, 6.07) is 15.0. The molecule has 0 unspecified atom stereocenters. The molecule has 31 heavy (non-hydrogen) atoms. The molecule has 2 aromatic heterocycles. The first-order valence-corrected chi connectivity index (χ1v) is 10.4. The first-order valence-electron chi connectivity index (χ1n) is 9.57. The number of amides is 2. The average molecular weight is 430 g/mol. The van der Waals surface area contributed by atoms with Gasteiger partial charge < -0.3 is 15.1 Å². The summed E-state index contributed by atoms with van der Waals surface area (Å²) in [5.41, 5.74) is 1.00. The second-order valence-electron chi connectivity index (χ2n) is 6.87. The Labute approximate surface area is 181 Å². The van der Waals surface area contributed by atoms with Crippen LogP contribution in [0.5, 0.6) is 0 Å². The Morgan fingerprint density at radius 1 is 1.16 bits per heavy atom. The van der Waals surface area contributed by atoms with Crippen molar-refractivity contribution in [3.63, 3.8) is 0 Å². The summed E-state index contributed by atoms with van der Waals surface area (Å²) in [4.78, 5) is 25.6. The van der Waals surface area contributed by atoms with Crippen LogP contribution in [0, 0.1) is 23.7 Å². The van der Waals surface area contributed by atoms with E-state index < -0.39 is 5.91 Å². The van der Waals surface area contributed by atoms with Crippen molar-refractivity contribution >= 4 is 49.9 Å². The molecule has 154 valence electrons. The lowest BCUT2D eigenvalue weighted by Gasteiger charge is -2.07. The number of benzene rings is 2. The third-order valence-corrected chi connectivity index (χ3v) is 6.16. The number of fused-ring (bicyclic) bond motifs is 3. The molecular formula is C23H18N4O3S. The standard InChI is InChI=1S/C23H18N4O3S/c1-3-26-22(29)19-12(2)17(11-24)23(31-19)27-21(28)16-10-15-14-7-5-4-6-13(14)8-9-18(15)30-20(16)25/h4-10,25H,3H2,1-2H3,(H,26,29)(H,27,28). The molecule has 0 fully saturated rings. The summed E-state index contributed by atoms with van der Waals surface area (Å²) in [6.45, 7) is 3.93. The zero-order valence-electron chi connectivity index (χ0n) is 16.8. The minimum Gasteiger partial charge on any atom is -0.438 e. The van der Waals surface area contributed by atoms with Crippen LogP contribution < -0.4 is 16.2 Å². The number of carbonyl (C=O) groups excluding carboxylic acids is 2. The molecule has 8 heteroatoms. The zero-order valence-corrected chi connectivity index (χ0v) is 17.6. The van der Waals surface area contributed by atoms with Gasteiger partial charge in [-0.25, -0.2) is 0 Å². The molecule has 0 radical (unpaired) electrons. The number of rotatable bonds is 4. The van der Waals surface area contributed by atoms with Crippen LogP contribution in [0.2, 0.25) is 0 Å². The van der Waals surface area contributed by atoms with Crippen molar-refractivity contribution in [2.45, 2.75) is 13.8 Å². The summed E-state index contributed by atoms with van der Waals surface area (Å²) < 4.78 is 5.60. The Balaban J connectivity index is 1.77. The molecule has 2 aromatic carbocycles. The molecule has 0 atom stereocenters. The van der Waals surface area contributed by atoms with Gasteiger partial charge in [0.15, 0.2) is 0 Å². The highest BCUT2D eigenvalue weighted by Crippen LogP contribution is 2.33. The summed E-state index contributed by atoms with van der Waals surface area (Å²) in [6.07, 6.45) is 0. The Kier molecular flexibility index (Phi) is 5.28. The van der Waals surface area contributed by atoms with Gasteiger partial charge in [-0.1, -0.05) is 30.3 Å². The Bertz CT molecular complexity index is 1460. The predicted molar refractivity (Wildman–Crippen MR) is 119 cm³/mol. The van der Waals surface area contributed by atoms with E-state index in [1.165, 1.54) is 0 Å². The molecule has 0 saturated heterocycles. The van der Waals surface area contributed by atoms with Crippen LogP contribution in [-0.4, -0.2) is 18.4 Å². The van der Waals surface area contributed by atoms with E-state index >= 15 is 0 Å². The maximum absolute atomic E-state index is 13.0. The van der Waals surface area contributed by atoms with Gasteiger partial charge in [-0.15, -0.1) is 11.3 Å². The van der Waals surface area contributed by atoms with Crippen molar-refractivity contribution < 1.29 is 14.0 Å². The van der Waals surface area contributed by atoms with Crippen LogP contribution >= 0.6 is 11.3 Å². The van der Waals surface area contributed by atoms with Gasteiger partial charge in [-0.3, -0.25) is 15.0 Å². The Morgan fingerprint density at radius 2 is 1.94 bits per heavy atom. The second-order valence-corrected chi connectivity index (χ2v) is 7.89. The van der Waals surface area contributed by atoms with E-state index in [0.29, 0.717) is 28.0 Å². The molecule has 0 bridgehead atoms. The maximum Gasteiger partial charge on any atom is 0.261 e. The highest BCUT2D eigenvalue weighted by atomic mass is 32.1. The number of anilines is 1. The minimum atomic E-state index is -0.580. The largest absolute Gasteiger partial charge is 0.438 e. The molecule has 0 aliphatic carbocycles. The van der Waals surface area contributed by atoms with Gasteiger partial charge >= 0.3 is 0 Å². The number of nitrogens with zero attached hydrogens (tertiary/aromatic N) is 1. The maximum atomic E-state index is 13.0. The molecule has 0 aliphatic rings. The number of nitrogens with one attached hydrogen (secondary N) is 3. The number of hydrogen-bond acceptors (Lipinski definition) is 6. The highest BCUT2D eigenvalue weighted by Gasteiger charge is 2.22. The molecule has 4 rings (SSSR count). The van der Waals surface area contributed by atoms with Gasteiger partial charge in [-0.05, 0) is 42.3 Å². The molecule has 0 saturated carbocycles. The van der Waals surface area contributed by atoms with Crippen molar-refractivity contribution in [1.29, 1.82) is 10.7 Å². The van der Waals surface area contributed by atoms with Crippen LogP contribution in [-0.2, 0) is 0 Å². The number of thiophene rings is 1. The van der Waals surface area contributed by atoms with Gasteiger partial charge in [0.1, 0.15) is 22.2 Å². The van der Waals surface area contributed by atoms with Crippen LogP contribution in [0.15, 0.2) is 46.9 Å². The van der Waals surface area contributed by atoms with Gasteiger partial charge in [-0.2, -0.15) is 5.26 Å². The monoisotopic (exact) mass is 430 g/mol. The average Bonchev–Trinajstić information content (AvgIpc) is 3.08. The quantitative estimate of drug-likeness (QED) is 0.418. The lowest BCUT2D eigenvalue weighted by atomic mass is 10.0. The number of nitriles is 1. The summed E-state index contributed by atoms with van der Waals surface area (Å²) >= 11 is 1.04. The normalized spacial score (nSPS) is 10.7. The van der Waals surface area contributed by atoms with Crippen molar-refractivity contribution in [3.05, 3.63) is 69.6 Å². The SMILES string of the molecule is CCNC(=O)c1sc(NC(=O)c2cc3c(ccc4ccccc43)oc2=N)c(C#N)c1C. The Morgan fingerprint density at radius 3 is 2.68 bits per heavy atom. The van der Waals surface area contributed by atoms with E-state index in [1.807, 2.05) is 30.3 Å². The second kappa shape index (κ2) is 8.05. The lowest BCUT2D eigenvalue weighted by molar-refractivity contribution is 0.0958. The fourth-order valence-electron chi connectivity index (χ4n) is 3.42. The summed E-state index contributed by atoms with van der Waals surface area (Å²) in [5.74, 6) is -0.876. The number of hydrogen-bond donors (Lipinski definition) is 3. The van der Waals surface area contributed by atoms with Gasteiger partial charge in [0.05, 0.1) is 10.4 Å². The predicted octanol–water partition coefficient (Wildman–Crippen LogP) is 4.31. The molecule has 0 spiro atoms. The van der Waals surface area contributed by atoms with Crippen molar-refractivity contribution in [2.24, 2.45) is 0 Å². The van der Waals surface area contributed by atoms with E-state index in [-0.39, 0.29) is 27.6 Å². The van der Waals surface area contributed by atoms with Crippen molar-refractivity contribution in [1.82, 2.24) is 5.32 Å². The molecule has 2 heterocycles. The third-order valence-electron chi connectivity index (χ3n) is 4.95. The molecule has 4 aromatic rings. The van der Waals surface area contributed by atoms with Crippen LogP contribution in [0.25, 0.3) is 21.7 Å². The highest BCUT2D eigenvalue weighted by molar-refractivity contribution is 7.18. The van der Waals surface area contributed by atoms with Crippen LogP contribution in [0.4, 0.5) is 5.00 Å². The lowest BCUT2D eigenvalue weighted by Crippen LogP contribution is -2.22. The van der Waals surface area contributed by atoms with Crippen molar-refractivity contribution in [3.8, 4) is 6.07 Å². The first kappa shape index (κ1) is 20.3. The minimum absolute atomic E-state index is 0.0401. The van der Waals surface area contributed by atoms with Crippen LogP contribution in [0.3, 0.4) is 0 Å². The first-order chi connectivity index (χ1) is 14.9. The van der Waals surface area contributed by atoms with E-state index in [0.717, 1.165) is 22.1 Å². The fourth-order valence-corrected chi connectivity index (χ4v) is 4.49. The topological polar surface area (TPSA) is 119 Å². The van der Waals surface area contributed by atoms with E-state index in [4.69, 9.17) is 9.83 Å². The third kappa shape index (κ3) is 3.56. The zero-order chi connectivity index (χ0) is 22.1. The fraction of sp³-hybridized carbons (Fsp3) is 0.130.